The maximum absolute atomic E-state index is 11.2. The van der Waals surface area contributed by atoms with Gasteiger partial charge in [0.05, 0.1) is 11.4 Å². The number of rotatable bonds is 4. The van der Waals surface area contributed by atoms with E-state index in [9.17, 15) is 8.42 Å². The lowest BCUT2D eigenvalue weighted by Crippen LogP contribution is -2.12. The molecular weight excluding hydrogens is 282 g/mol. The summed E-state index contributed by atoms with van der Waals surface area (Å²) in [4.78, 5) is 0.0209. The van der Waals surface area contributed by atoms with Crippen LogP contribution in [-0.4, -0.2) is 18.6 Å². The van der Waals surface area contributed by atoms with Crippen molar-refractivity contribution >= 4 is 27.3 Å². The first-order valence-corrected chi connectivity index (χ1v) is 7.01. The Kier molecular flexibility index (Phi) is 3.68. The Balaban J connectivity index is 2.16. The molecule has 1 aromatic heterocycles. The van der Waals surface area contributed by atoms with Crippen molar-refractivity contribution < 1.29 is 8.42 Å². The summed E-state index contributed by atoms with van der Waals surface area (Å²) in [5.74, 6) is 0.356. The number of benzene rings is 1. The lowest BCUT2D eigenvalue weighted by molar-refractivity contribution is 0.597. The molecule has 0 atom stereocenters. The zero-order chi connectivity index (χ0) is 14.8. The van der Waals surface area contributed by atoms with Crippen molar-refractivity contribution in [1.82, 2.24) is 10.2 Å². The summed E-state index contributed by atoms with van der Waals surface area (Å²) in [6, 6.07) is 6.11. The Morgan fingerprint density at radius 3 is 2.65 bits per heavy atom. The number of nitrogens with two attached hydrogens (primary N) is 3. The van der Waals surface area contributed by atoms with Gasteiger partial charge in [0, 0.05) is 0 Å². The van der Waals surface area contributed by atoms with Crippen LogP contribution in [0.2, 0.25) is 0 Å². The van der Waals surface area contributed by atoms with Crippen LogP contribution in [0.1, 0.15) is 5.56 Å². The minimum Gasteiger partial charge on any atom is -0.382 e. The SMILES string of the molecule is Nc1n[nH]c(N)c1N=NCc1cccc(S(N)(=O)=O)c1. The predicted molar refractivity (Wildman–Crippen MR) is 73.4 cm³/mol. The first-order valence-electron chi connectivity index (χ1n) is 5.46. The highest BCUT2D eigenvalue weighted by Crippen LogP contribution is 2.26. The Morgan fingerprint density at radius 1 is 1.30 bits per heavy atom. The van der Waals surface area contributed by atoms with Gasteiger partial charge >= 0.3 is 0 Å². The molecule has 0 radical (unpaired) electrons. The lowest BCUT2D eigenvalue weighted by atomic mass is 10.2. The zero-order valence-corrected chi connectivity index (χ0v) is 11.1. The normalized spacial score (nSPS) is 12.1. The number of aromatic amines is 1. The summed E-state index contributed by atoms with van der Waals surface area (Å²) in [5, 5.41) is 18.9. The molecule has 106 valence electrons. The average molecular weight is 295 g/mol. The number of azo groups is 1. The molecule has 0 amide bonds. The second kappa shape index (κ2) is 5.27. The first-order chi connectivity index (χ1) is 9.38. The van der Waals surface area contributed by atoms with E-state index in [-0.39, 0.29) is 28.8 Å². The van der Waals surface area contributed by atoms with Crippen LogP contribution < -0.4 is 16.6 Å². The van der Waals surface area contributed by atoms with E-state index in [2.05, 4.69) is 20.4 Å². The van der Waals surface area contributed by atoms with Crippen LogP contribution in [-0.2, 0) is 16.6 Å². The molecule has 1 heterocycles. The van der Waals surface area contributed by atoms with E-state index in [1.165, 1.54) is 12.1 Å². The maximum atomic E-state index is 11.2. The molecule has 7 N–H and O–H groups in total. The zero-order valence-electron chi connectivity index (χ0n) is 10.3. The van der Waals surface area contributed by atoms with Gasteiger partial charge in [0.2, 0.25) is 10.0 Å². The molecule has 0 fully saturated rings. The van der Waals surface area contributed by atoms with E-state index in [4.69, 9.17) is 16.6 Å². The van der Waals surface area contributed by atoms with Crippen molar-refractivity contribution in [2.45, 2.75) is 11.4 Å². The topological polar surface area (TPSA) is 166 Å². The van der Waals surface area contributed by atoms with Crippen molar-refractivity contribution in [3.63, 3.8) is 0 Å². The fraction of sp³-hybridized carbons (Fsp3) is 0.100. The van der Waals surface area contributed by atoms with Crippen LogP contribution in [0, 0.1) is 0 Å². The molecule has 0 aliphatic rings. The number of primary sulfonamides is 1. The number of nitrogen functional groups attached to an aromatic ring is 2. The van der Waals surface area contributed by atoms with E-state index in [1.54, 1.807) is 12.1 Å². The molecule has 0 saturated heterocycles. The van der Waals surface area contributed by atoms with Gasteiger partial charge in [-0.25, -0.2) is 13.6 Å². The van der Waals surface area contributed by atoms with E-state index in [0.717, 1.165) is 0 Å². The molecule has 2 aromatic rings. The lowest BCUT2D eigenvalue weighted by Gasteiger charge is -2.00. The summed E-state index contributed by atoms with van der Waals surface area (Å²) < 4.78 is 22.4. The largest absolute Gasteiger partial charge is 0.382 e. The standard InChI is InChI=1S/C10H13N7O2S/c11-9-8(10(12)17-16-9)15-14-5-6-2-1-3-7(4-6)20(13,18)19/h1-4H,5H2,(H2,13,18,19)(H5,11,12,16,17). The van der Waals surface area contributed by atoms with Gasteiger partial charge in [-0.2, -0.15) is 10.2 Å². The Hall–Kier alpha value is -2.46. The number of hydrogen-bond acceptors (Lipinski definition) is 7. The van der Waals surface area contributed by atoms with Crippen molar-refractivity contribution in [3.8, 4) is 0 Å². The fourth-order valence-electron chi connectivity index (χ4n) is 1.48. The van der Waals surface area contributed by atoms with E-state index in [0.29, 0.717) is 5.56 Å². The van der Waals surface area contributed by atoms with Crippen LogP contribution in [0.25, 0.3) is 0 Å². The Bertz CT molecular complexity index is 731. The molecule has 0 aliphatic carbocycles. The highest BCUT2D eigenvalue weighted by atomic mass is 32.2. The molecule has 0 saturated carbocycles. The summed E-state index contributed by atoms with van der Waals surface area (Å²) in [6.45, 7) is 0.160. The smallest absolute Gasteiger partial charge is 0.238 e. The number of H-pyrrole nitrogens is 1. The average Bonchev–Trinajstić information content (AvgIpc) is 2.70. The maximum Gasteiger partial charge on any atom is 0.238 e. The van der Waals surface area contributed by atoms with Crippen LogP contribution in [0.15, 0.2) is 39.4 Å². The molecule has 0 spiro atoms. The van der Waals surface area contributed by atoms with Gasteiger partial charge in [-0.15, -0.1) is 5.11 Å². The van der Waals surface area contributed by atoms with Crippen molar-refractivity contribution in [3.05, 3.63) is 29.8 Å². The first kappa shape index (κ1) is 14.0. The van der Waals surface area contributed by atoms with Gasteiger partial charge in [0.25, 0.3) is 0 Å². The number of sulfonamides is 1. The van der Waals surface area contributed by atoms with Crippen LogP contribution in [0.3, 0.4) is 0 Å². The van der Waals surface area contributed by atoms with Gasteiger partial charge in [0.1, 0.15) is 5.82 Å². The van der Waals surface area contributed by atoms with Crippen molar-refractivity contribution in [2.75, 3.05) is 11.5 Å². The van der Waals surface area contributed by atoms with Gasteiger partial charge in [0.15, 0.2) is 11.5 Å². The Morgan fingerprint density at radius 2 is 2.05 bits per heavy atom. The minimum atomic E-state index is -3.73. The third-order valence-electron chi connectivity index (χ3n) is 2.45. The number of nitrogens with zero attached hydrogens (tertiary/aromatic N) is 3. The van der Waals surface area contributed by atoms with Crippen molar-refractivity contribution in [1.29, 1.82) is 0 Å². The van der Waals surface area contributed by atoms with Crippen LogP contribution >= 0.6 is 0 Å². The molecule has 0 unspecified atom stereocenters. The number of hydrogen-bond donors (Lipinski definition) is 4. The monoisotopic (exact) mass is 295 g/mol. The van der Waals surface area contributed by atoms with Gasteiger partial charge in [-0.05, 0) is 17.7 Å². The highest BCUT2D eigenvalue weighted by molar-refractivity contribution is 7.89. The Labute approximate surface area is 114 Å². The van der Waals surface area contributed by atoms with Gasteiger partial charge in [-0.3, -0.25) is 5.10 Å². The minimum absolute atomic E-state index is 0.0209. The molecule has 10 heteroatoms. The van der Waals surface area contributed by atoms with Crippen LogP contribution in [0.5, 0.6) is 0 Å². The van der Waals surface area contributed by atoms with E-state index < -0.39 is 10.0 Å². The predicted octanol–water partition coefficient (Wildman–Crippen LogP) is 0.505. The molecule has 0 aliphatic heterocycles. The summed E-state index contributed by atoms with van der Waals surface area (Å²) in [6.07, 6.45) is 0. The fourth-order valence-corrected chi connectivity index (χ4v) is 2.06. The molecule has 2 rings (SSSR count). The highest BCUT2D eigenvalue weighted by Gasteiger charge is 2.08. The third-order valence-corrected chi connectivity index (χ3v) is 3.36. The quantitative estimate of drug-likeness (QED) is 0.602. The van der Waals surface area contributed by atoms with Crippen LogP contribution in [0.4, 0.5) is 17.3 Å². The number of anilines is 2. The molecule has 9 nitrogen and oxygen atoms in total. The third kappa shape index (κ3) is 3.10. The molecule has 0 bridgehead atoms. The second-order valence-electron chi connectivity index (χ2n) is 3.96. The molecule has 1 aromatic carbocycles. The van der Waals surface area contributed by atoms with Gasteiger partial charge in [-0.1, -0.05) is 12.1 Å². The second-order valence-corrected chi connectivity index (χ2v) is 5.52. The summed E-state index contributed by atoms with van der Waals surface area (Å²) >= 11 is 0. The van der Waals surface area contributed by atoms with Gasteiger partial charge < -0.3 is 11.5 Å². The van der Waals surface area contributed by atoms with Crippen molar-refractivity contribution in [2.24, 2.45) is 15.4 Å². The van der Waals surface area contributed by atoms with E-state index >= 15 is 0 Å². The number of aromatic nitrogens is 2. The molecule has 20 heavy (non-hydrogen) atoms. The molecular formula is C10H13N7O2S. The summed E-state index contributed by atoms with van der Waals surface area (Å²) in [7, 11) is -3.73. The summed E-state index contributed by atoms with van der Waals surface area (Å²) in [5.41, 5.74) is 12.0. The number of nitrogens with one attached hydrogen (secondary N) is 1. The van der Waals surface area contributed by atoms with E-state index in [1.807, 2.05) is 0 Å².